The van der Waals surface area contributed by atoms with Gasteiger partial charge in [0.05, 0.1) is 5.92 Å². The molecule has 0 heterocycles. The molecule has 1 saturated carbocycles. The average molecular weight is 198 g/mol. The molecule has 0 spiro atoms. The van der Waals surface area contributed by atoms with Crippen molar-refractivity contribution >= 4 is 5.97 Å². The lowest BCUT2D eigenvalue weighted by Gasteiger charge is -2.18. The zero-order valence-corrected chi connectivity index (χ0v) is 8.91. The summed E-state index contributed by atoms with van der Waals surface area (Å²) in [6, 6.07) is 0. The smallest absolute Gasteiger partial charge is 0.295 e. The van der Waals surface area contributed by atoms with Gasteiger partial charge in [-0.1, -0.05) is 19.3 Å². The van der Waals surface area contributed by atoms with E-state index >= 15 is 0 Å². The summed E-state index contributed by atoms with van der Waals surface area (Å²) in [6.07, 6.45) is 6.82. The Morgan fingerprint density at radius 3 is 2.43 bits per heavy atom. The molecule has 0 atom stereocenters. The minimum atomic E-state index is -0.220. The molecule has 3 nitrogen and oxygen atoms in total. The molecule has 14 heavy (non-hydrogen) atoms. The van der Waals surface area contributed by atoms with Crippen LogP contribution in [0.15, 0.2) is 11.8 Å². The normalized spacial score (nSPS) is 17.3. The summed E-state index contributed by atoms with van der Waals surface area (Å²) >= 11 is 0. The minimum Gasteiger partial charge on any atom is -0.295 e. The van der Waals surface area contributed by atoms with Gasteiger partial charge in [0, 0.05) is 0 Å². The standard InChI is InChI=1S/C11H18O3/c1-9(2)8-13-14-11(12)10-6-4-3-5-7-10/h8,10H,3-7H2,1-2H3. The zero-order chi connectivity index (χ0) is 10.4. The van der Waals surface area contributed by atoms with E-state index in [-0.39, 0.29) is 11.9 Å². The fourth-order valence-electron chi connectivity index (χ4n) is 1.57. The first-order valence-corrected chi connectivity index (χ1v) is 5.20. The van der Waals surface area contributed by atoms with Gasteiger partial charge in [0.1, 0.15) is 6.26 Å². The Morgan fingerprint density at radius 2 is 1.86 bits per heavy atom. The van der Waals surface area contributed by atoms with E-state index in [0.29, 0.717) is 0 Å². The van der Waals surface area contributed by atoms with Gasteiger partial charge in [0.25, 0.3) is 0 Å². The van der Waals surface area contributed by atoms with Crippen LogP contribution < -0.4 is 0 Å². The molecule has 3 heteroatoms. The highest BCUT2D eigenvalue weighted by Crippen LogP contribution is 2.24. The predicted octanol–water partition coefficient (Wildman–Crippen LogP) is 2.97. The fourth-order valence-corrected chi connectivity index (χ4v) is 1.57. The van der Waals surface area contributed by atoms with E-state index < -0.39 is 0 Å². The minimum absolute atomic E-state index is 0.0503. The van der Waals surface area contributed by atoms with E-state index in [2.05, 4.69) is 4.89 Å². The Hall–Kier alpha value is -0.990. The van der Waals surface area contributed by atoms with Gasteiger partial charge in [-0.15, -0.1) is 0 Å². The topological polar surface area (TPSA) is 35.5 Å². The molecule has 0 aromatic rings. The van der Waals surface area contributed by atoms with E-state index in [0.717, 1.165) is 31.3 Å². The molecule has 0 bridgehead atoms. The highest BCUT2D eigenvalue weighted by atomic mass is 17.2. The molecular weight excluding hydrogens is 180 g/mol. The summed E-state index contributed by atoms with van der Waals surface area (Å²) in [5.74, 6) is -0.170. The third kappa shape index (κ3) is 3.81. The third-order valence-corrected chi connectivity index (χ3v) is 2.35. The van der Waals surface area contributed by atoms with Gasteiger partial charge < -0.3 is 0 Å². The SMILES string of the molecule is CC(C)=COOC(=O)C1CCCCC1. The average Bonchev–Trinajstić information content (AvgIpc) is 2.18. The second-order valence-corrected chi connectivity index (χ2v) is 4.03. The molecule has 0 radical (unpaired) electrons. The van der Waals surface area contributed by atoms with Crippen LogP contribution >= 0.6 is 0 Å². The maximum absolute atomic E-state index is 11.4. The Bertz CT molecular complexity index is 211. The van der Waals surface area contributed by atoms with E-state index in [1.54, 1.807) is 0 Å². The van der Waals surface area contributed by atoms with Gasteiger partial charge in [-0.25, -0.2) is 4.79 Å². The summed E-state index contributed by atoms with van der Waals surface area (Å²) in [6.45, 7) is 3.77. The highest BCUT2D eigenvalue weighted by Gasteiger charge is 2.23. The second-order valence-electron chi connectivity index (χ2n) is 4.03. The summed E-state index contributed by atoms with van der Waals surface area (Å²) in [5.41, 5.74) is 0.974. The van der Waals surface area contributed by atoms with Gasteiger partial charge in [-0.3, -0.25) is 9.78 Å². The van der Waals surface area contributed by atoms with Crippen molar-refractivity contribution in [2.24, 2.45) is 5.92 Å². The molecule has 0 amide bonds. The largest absolute Gasteiger partial charge is 0.358 e. The summed E-state index contributed by atoms with van der Waals surface area (Å²) in [5, 5.41) is 0. The van der Waals surface area contributed by atoms with Gasteiger partial charge >= 0.3 is 5.97 Å². The fraction of sp³-hybridized carbons (Fsp3) is 0.727. The van der Waals surface area contributed by atoms with Crippen molar-refractivity contribution in [2.45, 2.75) is 46.0 Å². The van der Waals surface area contributed by atoms with E-state index in [1.165, 1.54) is 12.7 Å². The van der Waals surface area contributed by atoms with Crippen LogP contribution in [0, 0.1) is 5.92 Å². The lowest BCUT2D eigenvalue weighted by atomic mass is 9.89. The van der Waals surface area contributed by atoms with E-state index in [9.17, 15) is 4.79 Å². The first-order chi connectivity index (χ1) is 6.70. The molecule has 0 aromatic carbocycles. The van der Waals surface area contributed by atoms with Crippen LogP contribution in [0.2, 0.25) is 0 Å². The zero-order valence-electron chi connectivity index (χ0n) is 8.91. The Kier molecular flexibility index (Phi) is 4.50. The first-order valence-electron chi connectivity index (χ1n) is 5.20. The highest BCUT2D eigenvalue weighted by molar-refractivity contribution is 5.71. The van der Waals surface area contributed by atoms with Gasteiger partial charge in [0.2, 0.25) is 0 Å². The molecule has 0 unspecified atom stereocenters. The number of carbonyl (C=O) groups is 1. The molecule has 1 fully saturated rings. The number of allylic oxidation sites excluding steroid dienone is 1. The Morgan fingerprint density at radius 1 is 1.21 bits per heavy atom. The van der Waals surface area contributed by atoms with Crippen molar-refractivity contribution in [3.05, 3.63) is 11.8 Å². The van der Waals surface area contributed by atoms with E-state index in [1.807, 2.05) is 13.8 Å². The lowest BCUT2D eigenvalue weighted by Crippen LogP contribution is -2.19. The summed E-state index contributed by atoms with van der Waals surface area (Å²) in [4.78, 5) is 20.8. The van der Waals surface area contributed by atoms with Crippen molar-refractivity contribution in [2.75, 3.05) is 0 Å². The molecule has 0 saturated heterocycles. The quantitative estimate of drug-likeness (QED) is 0.397. The monoisotopic (exact) mass is 198 g/mol. The van der Waals surface area contributed by atoms with Crippen LogP contribution in [0.4, 0.5) is 0 Å². The number of rotatable bonds is 3. The van der Waals surface area contributed by atoms with Crippen LogP contribution in [-0.2, 0) is 14.6 Å². The molecule has 0 aliphatic heterocycles. The van der Waals surface area contributed by atoms with E-state index in [4.69, 9.17) is 4.89 Å². The lowest BCUT2D eigenvalue weighted by molar-refractivity contribution is -0.244. The van der Waals surface area contributed by atoms with Crippen LogP contribution in [0.5, 0.6) is 0 Å². The molecule has 0 aromatic heterocycles. The van der Waals surface area contributed by atoms with Gasteiger partial charge in [-0.2, -0.15) is 0 Å². The van der Waals surface area contributed by atoms with Crippen LogP contribution in [0.25, 0.3) is 0 Å². The van der Waals surface area contributed by atoms with Crippen LogP contribution in [0.3, 0.4) is 0 Å². The number of hydrogen-bond acceptors (Lipinski definition) is 3. The predicted molar refractivity (Wildman–Crippen MR) is 53.2 cm³/mol. The molecule has 80 valence electrons. The Labute approximate surface area is 85.0 Å². The molecular formula is C11H18O3. The maximum Gasteiger partial charge on any atom is 0.358 e. The molecule has 1 rings (SSSR count). The van der Waals surface area contributed by atoms with Crippen molar-refractivity contribution in [3.8, 4) is 0 Å². The van der Waals surface area contributed by atoms with Crippen molar-refractivity contribution in [1.82, 2.24) is 0 Å². The third-order valence-electron chi connectivity index (χ3n) is 2.35. The number of hydrogen-bond donors (Lipinski definition) is 0. The summed E-state index contributed by atoms with van der Waals surface area (Å²) in [7, 11) is 0. The molecule has 0 N–H and O–H groups in total. The summed E-state index contributed by atoms with van der Waals surface area (Å²) < 4.78 is 0. The van der Waals surface area contributed by atoms with Crippen molar-refractivity contribution in [3.63, 3.8) is 0 Å². The van der Waals surface area contributed by atoms with Gasteiger partial charge in [0.15, 0.2) is 0 Å². The van der Waals surface area contributed by atoms with Crippen molar-refractivity contribution in [1.29, 1.82) is 0 Å². The molecule has 1 aliphatic carbocycles. The molecule has 1 aliphatic rings. The number of carbonyl (C=O) groups excluding carboxylic acids is 1. The van der Waals surface area contributed by atoms with Gasteiger partial charge in [-0.05, 0) is 32.3 Å². The van der Waals surface area contributed by atoms with Crippen LogP contribution in [-0.4, -0.2) is 5.97 Å². The second kappa shape index (κ2) is 5.68. The first kappa shape index (κ1) is 11.1. The van der Waals surface area contributed by atoms with Crippen molar-refractivity contribution < 1.29 is 14.6 Å². The maximum atomic E-state index is 11.4. The van der Waals surface area contributed by atoms with Crippen LogP contribution in [0.1, 0.15) is 46.0 Å². The Balaban J connectivity index is 2.23.